The van der Waals surface area contributed by atoms with Crippen molar-refractivity contribution in [2.24, 2.45) is 11.7 Å². The molecule has 1 unspecified atom stereocenters. The molecule has 0 bridgehead atoms. The van der Waals surface area contributed by atoms with E-state index in [9.17, 15) is 0 Å². The molecule has 5 heteroatoms. The SMILES string of the molecule is CC(CCNC(=N)N)C(O)=S. The number of rotatable bonds is 4. The molecule has 1 atom stereocenters. The summed E-state index contributed by atoms with van der Waals surface area (Å²) in [5, 5.41) is 18.3. The molecule has 5 N–H and O–H groups in total. The van der Waals surface area contributed by atoms with Crippen LogP contribution < -0.4 is 11.1 Å². The lowest BCUT2D eigenvalue weighted by Crippen LogP contribution is -2.32. The molecule has 0 amide bonds. The number of aliphatic hydroxyl groups excluding tert-OH is 1. The maximum Gasteiger partial charge on any atom is 0.185 e. The Morgan fingerprint density at radius 3 is 2.73 bits per heavy atom. The van der Waals surface area contributed by atoms with Gasteiger partial charge in [0.15, 0.2) is 11.0 Å². The van der Waals surface area contributed by atoms with Gasteiger partial charge in [0.2, 0.25) is 0 Å². The topological polar surface area (TPSA) is 82.1 Å². The highest BCUT2D eigenvalue weighted by Gasteiger charge is 2.05. The number of hydrogen-bond donors (Lipinski definition) is 4. The van der Waals surface area contributed by atoms with Crippen LogP contribution in [0.5, 0.6) is 0 Å². The smallest absolute Gasteiger partial charge is 0.185 e. The fourth-order valence-corrected chi connectivity index (χ4v) is 0.665. The van der Waals surface area contributed by atoms with Crippen LogP contribution in [0.4, 0.5) is 0 Å². The van der Waals surface area contributed by atoms with E-state index in [-0.39, 0.29) is 16.9 Å². The summed E-state index contributed by atoms with van der Waals surface area (Å²) in [4.78, 5) is 0. The summed E-state index contributed by atoms with van der Waals surface area (Å²) < 4.78 is 0. The van der Waals surface area contributed by atoms with E-state index < -0.39 is 0 Å². The Kier molecular flexibility index (Phi) is 4.52. The van der Waals surface area contributed by atoms with Crippen LogP contribution in [0.1, 0.15) is 13.3 Å². The standard InChI is InChI=1S/C6H13N3OS/c1-4(5(10)11)2-3-9-6(7)8/h4H,2-3H2,1H3,(H,10,11)(H4,7,8,9). The van der Waals surface area contributed by atoms with Crippen LogP contribution in [0.2, 0.25) is 0 Å². The molecule has 0 saturated carbocycles. The molecule has 4 nitrogen and oxygen atoms in total. The molecule has 0 heterocycles. The van der Waals surface area contributed by atoms with Crippen LogP contribution in [0.25, 0.3) is 0 Å². The third kappa shape index (κ3) is 5.60. The third-order valence-corrected chi connectivity index (χ3v) is 1.72. The molecule has 0 aromatic carbocycles. The molecule has 0 fully saturated rings. The molecule has 0 aromatic heterocycles. The van der Waals surface area contributed by atoms with Crippen molar-refractivity contribution in [1.82, 2.24) is 5.32 Å². The predicted molar refractivity (Wildman–Crippen MR) is 48.9 cm³/mol. The summed E-state index contributed by atoms with van der Waals surface area (Å²) in [6.07, 6.45) is 0.689. The average Bonchev–Trinajstić information content (AvgIpc) is 1.86. The van der Waals surface area contributed by atoms with E-state index in [0.29, 0.717) is 13.0 Å². The second-order valence-electron chi connectivity index (χ2n) is 2.37. The summed E-state index contributed by atoms with van der Waals surface area (Å²) in [5.41, 5.74) is 5.03. The predicted octanol–water partition coefficient (Wildman–Crippen LogP) is 0.381. The van der Waals surface area contributed by atoms with Crippen LogP contribution >= 0.6 is 12.2 Å². The van der Waals surface area contributed by atoms with Gasteiger partial charge in [0, 0.05) is 12.5 Å². The first-order chi connectivity index (χ1) is 5.04. The van der Waals surface area contributed by atoms with Gasteiger partial charge >= 0.3 is 0 Å². The molecular weight excluding hydrogens is 162 g/mol. The van der Waals surface area contributed by atoms with Crippen molar-refractivity contribution in [3.8, 4) is 0 Å². The Bertz CT molecular complexity index is 160. The van der Waals surface area contributed by atoms with Crippen LogP contribution in [0.3, 0.4) is 0 Å². The largest absolute Gasteiger partial charge is 0.502 e. The second kappa shape index (κ2) is 4.90. The normalized spacial score (nSPS) is 12.1. The molecule has 64 valence electrons. The summed E-state index contributed by atoms with van der Waals surface area (Å²) in [6, 6.07) is 0. The van der Waals surface area contributed by atoms with Gasteiger partial charge in [-0.05, 0) is 18.6 Å². The number of hydrogen-bond acceptors (Lipinski definition) is 2. The minimum absolute atomic E-state index is 0.00959. The zero-order chi connectivity index (χ0) is 8.85. The van der Waals surface area contributed by atoms with Gasteiger partial charge in [-0.3, -0.25) is 5.41 Å². The Balaban J connectivity index is 3.39. The molecule has 0 aliphatic heterocycles. The zero-order valence-corrected chi connectivity index (χ0v) is 7.24. The molecule has 0 spiro atoms. The van der Waals surface area contributed by atoms with Crippen LogP contribution in [0.15, 0.2) is 0 Å². The van der Waals surface area contributed by atoms with E-state index in [1.807, 2.05) is 6.92 Å². The van der Waals surface area contributed by atoms with Gasteiger partial charge in [0.1, 0.15) is 0 Å². The van der Waals surface area contributed by atoms with Gasteiger partial charge < -0.3 is 16.2 Å². The Morgan fingerprint density at radius 1 is 1.82 bits per heavy atom. The van der Waals surface area contributed by atoms with Crippen LogP contribution in [-0.4, -0.2) is 22.7 Å². The second-order valence-corrected chi connectivity index (χ2v) is 2.79. The highest BCUT2D eigenvalue weighted by Crippen LogP contribution is 2.00. The highest BCUT2D eigenvalue weighted by molar-refractivity contribution is 7.80. The Labute approximate surface area is 71.3 Å². The number of nitrogens with one attached hydrogen (secondary N) is 2. The van der Waals surface area contributed by atoms with E-state index in [4.69, 9.17) is 16.2 Å². The van der Waals surface area contributed by atoms with E-state index in [1.165, 1.54) is 0 Å². The summed E-state index contributed by atoms with van der Waals surface area (Å²) in [7, 11) is 0. The highest BCUT2D eigenvalue weighted by atomic mass is 32.1. The summed E-state index contributed by atoms with van der Waals surface area (Å²) in [6.45, 7) is 2.39. The fraction of sp³-hybridized carbons (Fsp3) is 0.667. The van der Waals surface area contributed by atoms with Gasteiger partial charge in [0.25, 0.3) is 0 Å². The van der Waals surface area contributed by atoms with Crippen molar-refractivity contribution in [2.45, 2.75) is 13.3 Å². The molecule has 0 rings (SSSR count). The first-order valence-electron chi connectivity index (χ1n) is 3.34. The molecule has 11 heavy (non-hydrogen) atoms. The molecule has 0 saturated heterocycles. The molecule has 0 radical (unpaired) electrons. The van der Waals surface area contributed by atoms with E-state index >= 15 is 0 Å². The van der Waals surface area contributed by atoms with Gasteiger partial charge in [-0.2, -0.15) is 0 Å². The zero-order valence-electron chi connectivity index (χ0n) is 6.42. The number of guanidine groups is 1. The number of thiocarbonyl (C=S) groups is 1. The maximum atomic E-state index is 8.80. The first kappa shape index (κ1) is 10.2. The summed E-state index contributed by atoms with van der Waals surface area (Å²) in [5.74, 6) is -0.0714. The van der Waals surface area contributed by atoms with Gasteiger partial charge in [-0.1, -0.05) is 6.92 Å². The first-order valence-corrected chi connectivity index (χ1v) is 3.75. The Hall–Kier alpha value is -0.840. The van der Waals surface area contributed by atoms with Crippen molar-refractivity contribution < 1.29 is 5.11 Å². The minimum Gasteiger partial charge on any atom is -0.502 e. The number of aliphatic hydroxyl groups is 1. The van der Waals surface area contributed by atoms with E-state index in [0.717, 1.165) is 0 Å². The van der Waals surface area contributed by atoms with E-state index in [2.05, 4.69) is 17.5 Å². The lowest BCUT2D eigenvalue weighted by molar-refractivity contribution is 0.494. The molecule has 0 aliphatic rings. The third-order valence-electron chi connectivity index (χ3n) is 1.31. The van der Waals surface area contributed by atoms with Crippen molar-refractivity contribution >= 4 is 23.2 Å². The summed E-state index contributed by atoms with van der Waals surface area (Å²) >= 11 is 4.54. The van der Waals surface area contributed by atoms with Crippen molar-refractivity contribution in [1.29, 1.82) is 5.41 Å². The van der Waals surface area contributed by atoms with E-state index in [1.54, 1.807) is 0 Å². The molecule has 0 aromatic rings. The monoisotopic (exact) mass is 175 g/mol. The number of nitrogens with two attached hydrogens (primary N) is 1. The lowest BCUT2D eigenvalue weighted by atomic mass is 10.1. The van der Waals surface area contributed by atoms with Crippen molar-refractivity contribution in [3.05, 3.63) is 0 Å². The Morgan fingerprint density at radius 2 is 2.36 bits per heavy atom. The lowest BCUT2D eigenvalue weighted by Gasteiger charge is -2.08. The van der Waals surface area contributed by atoms with Crippen LogP contribution in [0, 0.1) is 11.3 Å². The fourth-order valence-electron chi connectivity index (χ4n) is 0.547. The van der Waals surface area contributed by atoms with Crippen molar-refractivity contribution in [2.75, 3.05) is 6.54 Å². The minimum atomic E-state index is -0.0546. The molecule has 0 aliphatic carbocycles. The average molecular weight is 175 g/mol. The quantitative estimate of drug-likeness (QED) is 0.283. The molecular formula is C6H13N3OS. The van der Waals surface area contributed by atoms with Crippen LogP contribution in [-0.2, 0) is 0 Å². The van der Waals surface area contributed by atoms with Gasteiger partial charge in [-0.25, -0.2) is 0 Å². The van der Waals surface area contributed by atoms with Crippen molar-refractivity contribution in [3.63, 3.8) is 0 Å². The van der Waals surface area contributed by atoms with Gasteiger partial charge in [-0.15, -0.1) is 0 Å². The maximum absolute atomic E-state index is 8.80. The van der Waals surface area contributed by atoms with Gasteiger partial charge in [0.05, 0.1) is 0 Å².